The van der Waals surface area contributed by atoms with Crippen LogP contribution in [0, 0.1) is 5.92 Å². The number of carbonyl (C=O) groups is 1. The molecule has 3 rings (SSSR count). The Labute approximate surface area is 170 Å². The first-order valence-corrected chi connectivity index (χ1v) is 12.5. The average Bonchev–Trinajstić information content (AvgIpc) is 2.67. The first-order valence-electron chi connectivity index (χ1n) is 9.03. The highest BCUT2D eigenvalue weighted by Crippen LogP contribution is 2.31. The Kier molecular flexibility index (Phi) is 5.97. The van der Waals surface area contributed by atoms with Gasteiger partial charge in [0.1, 0.15) is 0 Å². The molecule has 0 aromatic heterocycles. The molecule has 1 heterocycles. The Morgan fingerprint density at radius 2 is 1.79 bits per heavy atom. The van der Waals surface area contributed by atoms with Crippen molar-refractivity contribution >= 4 is 37.1 Å². The van der Waals surface area contributed by atoms with Crippen LogP contribution in [0.5, 0.6) is 0 Å². The third-order valence-corrected chi connectivity index (χ3v) is 6.87. The molecule has 10 heteroatoms. The summed E-state index contributed by atoms with van der Waals surface area (Å²) in [6.07, 6.45) is 2.40. The lowest BCUT2D eigenvalue weighted by atomic mass is 9.96. The minimum Gasteiger partial charge on any atom is -0.370 e. The molecule has 1 unspecified atom stereocenters. The number of amides is 1. The summed E-state index contributed by atoms with van der Waals surface area (Å²) in [7, 11) is -7.75. The van der Waals surface area contributed by atoms with Crippen molar-refractivity contribution in [3.8, 4) is 0 Å². The number of hydrogen-bond donors (Lipinski definition) is 2. The SMILES string of the molecule is CS(=O)(=O)c1cc(S(N)(=O)=O)ccc1N1CCCC(C(=O)Nc2ccccc2)C1. The number of piperidine rings is 1. The van der Waals surface area contributed by atoms with Gasteiger partial charge in [-0.1, -0.05) is 18.2 Å². The zero-order valence-electron chi connectivity index (χ0n) is 15.9. The average molecular weight is 438 g/mol. The van der Waals surface area contributed by atoms with Gasteiger partial charge in [-0.15, -0.1) is 0 Å². The van der Waals surface area contributed by atoms with E-state index in [1.807, 2.05) is 23.1 Å². The lowest BCUT2D eigenvalue weighted by Gasteiger charge is -2.34. The molecule has 0 saturated carbocycles. The second kappa shape index (κ2) is 8.13. The predicted molar refractivity (Wildman–Crippen MR) is 111 cm³/mol. The molecule has 29 heavy (non-hydrogen) atoms. The number of benzene rings is 2. The number of primary sulfonamides is 1. The van der Waals surface area contributed by atoms with Crippen LogP contribution in [0.4, 0.5) is 11.4 Å². The summed E-state index contributed by atoms with van der Waals surface area (Å²) in [6, 6.07) is 12.9. The Morgan fingerprint density at radius 1 is 1.10 bits per heavy atom. The monoisotopic (exact) mass is 437 g/mol. The van der Waals surface area contributed by atoms with Crippen LogP contribution in [0.15, 0.2) is 58.3 Å². The Hall–Kier alpha value is -2.43. The molecule has 3 N–H and O–H groups in total. The van der Waals surface area contributed by atoms with Crippen molar-refractivity contribution in [2.24, 2.45) is 11.1 Å². The quantitative estimate of drug-likeness (QED) is 0.731. The lowest BCUT2D eigenvalue weighted by Crippen LogP contribution is -2.41. The van der Waals surface area contributed by atoms with Gasteiger partial charge >= 0.3 is 0 Å². The molecule has 8 nitrogen and oxygen atoms in total. The van der Waals surface area contributed by atoms with Gasteiger partial charge in [-0.2, -0.15) is 0 Å². The van der Waals surface area contributed by atoms with Crippen molar-refractivity contribution in [1.29, 1.82) is 0 Å². The Balaban J connectivity index is 1.87. The second-order valence-electron chi connectivity index (χ2n) is 7.09. The van der Waals surface area contributed by atoms with E-state index < -0.39 is 19.9 Å². The van der Waals surface area contributed by atoms with Gasteiger partial charge in [0, 0.05) is 25.0 Å². The standard InChI is InChI=1S/C19H23N3O5S2/c1-28(24,25)18-12-16(29(20,26)27)9-10-17(18)22-11-5-6-14(13-22)19(23)21-15-7-3-2-4-8-15/h2-4,7-10,12,14H,5-6,11,13H2,1H3,(H,21,23)(H2,20,26,27). The number of nitrogens with two attached hydrogens (primary N) is 1. The summed E-state index contributed by atoms with van der Waals surface area (Å²) < 4.78 is 47.8. The molecule has 0 bridgehead atoms. The molecule has 1 aliphatic heterocycles. The van der Waals surface area contributed by atoms with Gasteiger partial charge in [-0.05, 0) is 43.2 Å². The number of hydrogen-bond acceptors (Lipinski definition) is 6. The number of sulfonamides is 1. The maximum Gasteiger partial charge on any atom is 0.238 e. The number of sulfone groups is 1. The first kappa shape index (κ1) is 21.3. The molecule has 0 radical (unpaired) electrons. The zero-order chi connectivity index (χ0) is 21.2. The van der Waals surface area contributed by atoms with E-state index >= 15 is 0 Å². The predicted octanol–water partition coefficient (Wildman–Crippen LogP) is 1.59. The van der Waals surface area contributed by atoms with Gasteiger partial charge in [0.25, 0.3) is 0 Å². The summed E-state index contributed by atoms with van der Waals surface area (Å²) in [5, 5.41) is 8.02. The van der Waals surface area contributed by atoms with Gasteiger partial charge in [-0.3, -0.25) is 4.79 Å². The summed E-state index contributed by atoms with van der Waals surface area (Å²) >= 11 is 0. The smallest absolute Gasteiger partial charge is 0.238 e. The largest absolute Gasteiger partial charge is 0.370 e. The number of nitrogens with zero attached hydrogens (tertiary/aromatic N) is 1. The minimum atomic E-state index is -4.04. The second-order valence-corrected chi connectivity index (χ2v) is 10.6. The Bertz CT molecular complexity index is 1120. The molecular formula is C19H23N3O5S2. The van der Waals surface area contributed by atoms with Crippen molar-refractivity contribution in [1.82, 2.24) is 0 Å². The van der Waals surface area contributed by atoms with Gasteiger partial charge in [0.05, 0.1) is 21.4 Å². The van der Waals surface area contributed by atoms with Gasteiger partial charge in [0.15, 0.2) is 9.84 Å². The maximum atomic E-state index is 12.7. The summed E-state index contributed by atoms with van der Waals surface area (Å²) in [4.78, 5) is 14.1. The third kappa shape index (κ3) is 5.14. The summed E-state index contributed by atoms with van der Waals surface area (Å²) in [6.45, 7) is 0.891. The molecule has 2 aromatic carbocycles. The van der Waals surface area contributed by atoms with Crippen molar-refractivity contribution in [2.45, 2.75) is 22.6 Å². The van der Waals surface area contributed by atoms with Crippen LogP contribution >= 0.6 is 0 Å². The number of para-hydroxylation sites is 1. The molecule has 156 valence electrons. The van der Waals surface area contributed by atoms with Crippen LogP contribution in [-0.2, 0) is 24.7 Å². The van der Waals surface area contributed by atoms with Crippen molar-refractivity contribution < 1.29 is 21.6 Å². The van der Waals surface area contributed by atoms with Gasteiger partial charge in [-0.25, -0.2) is 22.0 Å². The lowest BCUT2D eigenvalue weighted by molar-refractivity contribution is -0.120. The normalized spacial score (nSPS) is 17.7. The van der Waals surface area contributed by atoms with Crippen LogP contribution in [0.3, 0.4) is 0 Å². The first-order chi connectivity index (χ1) is 13.6. The van der Waals surface area contributed by atoms with Crippen LogP contribution in [0.1, 0.15) is 12.8 Å². The molecule has 1 atom stereocenters. The van der Waals surface area contributed by atoms with Gasteiger partial charge < -0.3 is 10.2 Å². The topological polar surface area (TPSA) is 127 Å². The fourth-order valence-corrected chi connectivity index (χ4v) is 4.94. The fraction of sp³-hybridized carbons (Fsp3) is 0.316. The van der Waals surface area contributed by atoms with E-state index in [1.165, 1.54) is 12.1 Å². The molecule has 1 amide bonds. The van der Waals surface area contributed by atoms with Crippen LogP contribution in [0.25, 0.3) is 0 Å². The molecule has 0 aliphatic carbocycles. The minimum absolute atomic E-state index is 0.117. The number of anilines is 2. The Morgan fingerprint density at radius 3 is 2.41 bits per heavy atom. The zero-order valence-corrected chi connectivity index (χ0v) is 17.5. The fourth-order valence-electron chi connectivity index (χ4n) is 3.41. The number of carbonyl (C=O) groups excluding carboxylic acids is 1. The van der Waals surface area contributed by atoms with E-state index in [4.69, 9.17) is 5.14 Å². The summed E-state index contributed by atoms with van der Waals surface area (Å²) in [5.41, 5.74) is 1.07. The molecule has 0 spiro atoms. The highest BCUT2D eigenvalue weighted by Gasteiger charge is 2.29. The summed E-state index contributed by atoms with van der Waals surface area (Å²) in [5.74, 6) is -0.461. The van der Waals surface area contributed by atoms with E-state index in [0.717, 1.165) is 12.3 Å². The van der Waals surface area contributed by atoms with Crippen molar-refractivity contribution in [3.63, 3.8) is 0 Å². The molecule has 1 aliphatic rings. The molecule has 2 aromatic rings. The third-order valence-electron chi connectivity index (χ3n) is 4.83. The van der Waals surface area contributed by atoms with E-state index in [0.29, 0.717) is 37.3 Å². The molecule has 1 saturated heterocycles. The molecular weight excluding hydrogens is 414 g/mol. The highest BCUT2D eigenvalue weighted by atomic mass is 32.2. The van der Waals surface area contributed by atoms with Gasteiger partial charge in [0.2, 0.25) is 15.9 Å². The van der Waals surface area contributed by atoms with Crippen LogP contribution in [0.2, 0.25) is 0 Å². The number of nitrogens with one attached hydrogen (secondary N) is 1. The van der Waals surface area contributed by atoms with E-state index in [-0.39, 0.29) is 21.6 Å². The highest BCUT2D eigenvalue weighted by molar-refractivity contribution is 7.91. The number of rotatable bonds is 5. The van der Waals surface area contributed by atoms with E-state index in [9.17, 15) is 21.6 Å². The van der Waals surface area contributed by atoms with Crippen LogP contribution in [-0.4, -0.2) is 42.1 Å². The molecule has 1 fully saturated rings. The van der Waals surface area contributed by atoms with Crippen LogP contribution < -0.4 is 15.4 Å². The van der Waals surface area contributed by atoms with Crippen molar-refractivity contribution in [3.05, 3.63) is 48.5 Å². The van der Waals surface area contributed by atoms with Crippen molar-refractivity contribution in [2.75, 3.05) is 29.6 Å². The maximum absolute atomic E-state index is 12.7. The van der Waals surface area contributed by atoms with E-state index in [1.54, 1.807) is 12.1 Å². The van der Waals surface area contributed by atoms with E-state index in [2.05, 4.69) is 5.32 Å².